The molecule has 0 radical (unpaired) electrons. The molecule has 0 aliphatic carbocycles. The summed E-state index contributed by atoms with van der Waals surface area (Å²) in [4.78, 5) is 30.2. The fourth-order valence-electron chi connectivity index (χ4n) is 5.06. The van der Waals surface area contributed by atoms with Crippen LogP contribution in [0.3, 0.4) is 0 Å². The number of para-hydroxylation sites is 2. The highest BCUT2D eigenvalue weighted by Gasteiger charge is 2.23. The van der Waals surface area contributed by atoms with Crippen molar-refractivity contribution in [3.05, 3.63) is 142 Å². The molecule has 0 saturated carbocycles. The minimum Gasteiger partial charge on any atom is -0.361 e. The number of H-pyrrole nitrogens is 2. The van der Waals surface area contributed by atoms with Crippen LogP contribution in [0.25, 0.3) is 21.8 Å². The van der Waals surface area contributed by atoms with Gasteiger partial charge in [0.15, 0.2) is 5.11 Å². The Morgan fingerprint density at radius 2 is 1.39 bits per heavy atom. The molecular formula is C31H24N6O3S. The van der Waals surface area contributed by atoms with Gasteiger partial charge in [0.1, 0.15) is 0 Å². The first-order valence-corrected chi connectivity index (χ1v) is 13.2. The molecule has 10 heteroatoms. The molecular weight excluding hydrogens is 536 g/mol. The monoisotopic (exact) mass is 560 g/mol. The molecule has 0 fully saturated rings. The number of nitro benzene ring substituents is 1. The van der Waals surface area contributed by atoms with Gasteiger partial charge in [-0.3, -0.25) is 25.8 Å². The van der Waals surface area contributed by atoms with Crippen LogP contribution in [-0.2, 0) is 0 Å². The van der Waals surface area contributed by atoms with E-state index in [9.17, 15) is 14.9 Å². The quantitative estimate of drug-likeness (QED) is 0.0915. The number of thiocarbonyl (C=S) groups is 1. The summed E-state index contributed by atoms with van der Waals surface area (Å²) < 4.78 is 0. The van der Waals surface area contributed by atoms with Crippen LogP contribution in [0.4, 0.5) is 11.4 Å². The van der Waals surface area contributed by atoms with E-state index in [-0.39, 0.29) is 22.6 Å². The van der Waals surface area contributed by atoms with Crippen molar-refractivity contribution >= 4 is 56.4 Å². The van der Waals surface area contributed by atoms with Crippen LogP contribution < -0.4 is 16.2 Å². The van der Waals surface area contributed by atoms with E-state index >= 15 is 0 Å². The van der Waals surface area contributed by atoms with Crippen LogP contribution in [0.1, 0.15) is 33.0 Å². The summed E-state index contributed by atoms with van der Waals surface area (Å²) >= 11 is 5.22. The lowest BCUT2D eigenvalue weighted by atomic mass is 9.84. The van der Waals surface area contributed by atoms with Crippen LogP contribution >= 0.6 is 12.2 Å². The van der Waals surface area contributed by atoms with Gasteiger partial charge in [-0.15, -0.1) is 0 Å². The van der Waals surface area contributed by atoms with Gasteiger partial charge in [0.2, 0.25) is 0 Å². The lowest BCUT2D eigenvalue weighted by molar-refractivity contribution is -0.384. The van der Waals surface area contributed by atoms with E-state index in [1.807, 2.05) is 36.4 Å². The Bertz CT molecular complexity index is 1840. The lowest BCUT2D eigenvalue weighted by Crippen LogP contribution is -2.43. The molecule has 2 heterocycles. The molecule has 6 rings (SSSR count). The summed E-state index contributed by atoms with van der Waals surface area (Å²) in [5.41, 5.74) is 11.4. The lowest BCUT2D eigenvalue weighted by Gasteiger charge is -2.18. The van der Waals surface area contributed by atoms with E-state index in [0.717, 1.165) is 38.5 Å². The maximum atomic E-state index is 12.9. The molecule has 6 aromatic rings. The molecule has 41 heavy (non-hydrogen) atoms. The number of hydrazine groups is 1. The third kappa shape index (κ3) is 5.23. The SMILES string of the molecule is O=C(NNC(=S)Nc1cccc([N+](=O)[O-])c1)c1ccc(C(c2c[nH]c3ccccc23)c2c[nH]c3ccccc23)cc1. The first-order valence-electron chi connectivity index (χ1n) is 12.8. The highest BCUT2D eigenvalue weighted by molar-refractivity contribution is 7.80. The Balaban J connectivity index is 1.23. The van der Waals surface area contributed by atoms with Crippen molar-refractivity contribution < 1.29 is 9.72 Å². The number of fused-ring (bicyclic) bond motifs is 2. The zero-order chi connectivity index (χ0) is 28.3. The van der Waals surface area contributed by atoms with E-state index in [2.05, 4.69) is 62.8 Å². The normalized spacial score (nSPS) is 11.0. The van der Waals surface area contributed by atoms with E-state index in [1.54, 1.807) is 24.3 Å². The molecule has 4 aromatic carbocycles. The van der Waals surface area contributed by atoms with Crippen molar-refractivity contribution in [2.75, 3.05) is 5.32 Å². The number of hydrogen-bond acceptors (Lipinski definition) is 4. The minimum atomic E-state index is -0.491. The number of amides is 1. The van der Waals surface area contributed by atoms with Crippen molar-refractivity contribution in [1.82, 2.24) is 20.8 Å². The molecule has 9 nitrogen and oxygen atoms in total. The second kappa shape index (κ2) is 10.9. The van der Waals surface area contributed by atoms with Gasteiger partial charge < -0.3 is 15.3 Å². The number of hydrogen-bond donors (Lipinski definition) is 5. The number of aromatic amines is 2. The first kappa shape index (κ1) is 25.8. The summed E-state index contributed by atoms with van der Waals surface area (Å²) in [5, 5.41) is 16.2. The summed E-state index contributed by atoms with van der Waals surface area (Å²) in [6, 6.07) is 29.8. The van der Waals surface area contributed by atoms with Gasteiger partial charge in [-0.25, -0.2) is 0 Å². The Morgan fingerprint density at radius 3 is 2.00 bits per heavy atom. The Kier molecular flexibility index (Phi) is 6.88. The fraction of sp³-hybridized carbons (Fsp3) is 0.0323. The number of nitrogens with one attached hydrogen (secondary N) is 5. The van der Waals surface area contributed by atoms with Crippen molar-refractivity contribution in [2.45, 2.75) is 5.92 Å². The van der Waals surface area contributed by atoms with Gasteiger partial charge in [0, 0.05) is 63.5 Å². The number of anilines is 1. The number of aromatic nitrogens is 2. The second-order valence-electron chi connectivity index (χ2n) is 9.47. The molecule has 202 valence electrons. The van der Waals surface area contributed by atoms with E-state index in [0.29, 0.717) is 11.3 Å². The molecule has 0 bridgehead atoms. The van der Waals surface area contributed by atoms with Crippen molar-refractivity contribution in [1.29, 1.82) is 0 Å². The summed E-state index contributed by atoms with van der Waals surface area (Å²) in [6.45, 7) is 0. The van der Waals surface area contributed by atoms with E-state index in [4.69, 9.17) is 12.2 Å². The van der Waals surface area contributed by atoms with Crippen LogP contribution in [0.15, 0.2) is 109 Å². The topological polar surface area (TPSA) is 128 Å². The summed E-state index contributed by atoms with van der Waals surface area (Å²) in [6.07, 6.45) is 4.11. The van der Waals surface area contributed by atoms with Gasteiger partial charge in [0.05, 0.1) is 4.92 Å². The predicted molar refractivity (Wildman–Crippen MR) is 164 cm³/mol. The number of non-ortho nitro benzene ring substituents is 1. The number of carbonyl (C=O) groups excluding carboxylic acids is 1. The Hall–Kier alpha value is -5.48. The highest BCUT2D eigenvalue weighted by Crippen LogP contribution is 2.39. The molecule has 0 saturated heterocycles. The maximum absolute atomic E-state index is 12.9. The van der Waals surface area contributed by atoms with E-state index in [1.165, 1.54) is 12.1 Å². The van der Waals surface area contributed by atoms with Crippen LogP contribution in [0, 0.1) is 10.1 Å². The van der Waals surface area contributed by atoms with E-state index < -0.39 is 4.92 Å². The smallest absolute Gasteiger partial charge is 0.271 e. The van der Waals surface area contributed by atoms with Gasteiger partial charge in [-0.2, -0.15) is 0 Å². The molecule has 2 aromatic heterocycles. The summed E-state index contributed by atoms with van der Waals surface area (Å²) in [5.74, 6) is -0.459. The minimum absolute atomic E-state index is 0.0690. The fourth-order valence-corrected chi connectivity index (χ4v) is 5.23. The Morgan fingerprint density at radius 1 is 0.780 bits per heavy atom. The van der Waals surface area contributed by atoms with Crippen molar-refractivity contribution in [2.24, 2.45) is 0 Å². The largest absolute Gasteiger partial charge is 0.361 e. The molecule has 5 N–H and O–H groups in total. The predicted octanol–water partition coefficient (Wildman–Crippen LogP) is 6.37. The number of nitro groups is 1. The Labute approximate surface area is 239 Å². The molecule has 0 spiro atoms. The molecule has 0 unspecified atom stereocenters. The third-order valence-electron chi connectivity index (χ3n) is 6.98. The number of rotatable bonds is 6. The van der Waals surface area contributed by atoms with Gasteiger partial charge >= 0.3 is 0 Å². The second-order valence-corrected chi connectivity index (χ2v) is 9.88. The standard InChI is InChI=1S/C31H24N6O3S/c38-30(35-36-31(41)34-21-6-5-7-22(16-21)37(39)40)20-14-12-19(13-15-20)29(25-17-32-27-10-3-1-8-23(25)27)26-18-33-28-11-4-2-9-24(26)28/h1-18,29,32-33H,(H,35,38)(H2,34,36,41). The number of carbonyl (C=O) groups is 1. The average Bonchev–Trinajstić information content (AvgIpc) is 3.62. The number of nitrogens with zero attached hydrogens (tertiary/aromatic N) is 1. The van der Waals surface area contributed by atoms with Crippen LogP contribution in [-0.4, -0.2) is 25.9 Å². The van der Waals surface area contributed by atoms with Crippen molar-refractivity contribution in [3.63, 3.8) is 0 Å². The molecule has 0 aliphatic rings. The van der Waals surface area contributed by atoms with Gasteiger partial charge in [-0.1, -0.05) is 54.6 Å². The van der Waals surface area contributed by atoms with Gasteiger partial charge in [0.25, 0.3) is 11.6 Å². The zero-order valence-electron chi connectivity index (χ0n) is 21.5. The zero-order valence-corrected chi connectivity index (χ0v) is 22.4. The van der Waals surface area contributed by atoms with Crippen LogP contribution in [0.2, 0.25) is 0 Å². The first-order chi connectivity index (χ1) is 20.0. The third-order valence-corrected chi connectivity index (χ3v) is 7.18. The van der Waals surface area contributed by atoms with Crippen molar-refractivity contribution in [3.8, 4) is 0 Å². The van der Waals surface area contributed by atoms with Gasteiger partial charge in [-0.05, 0) is 59.2 Å². The number of benzene rings is 4. The maximum Gasteiger partial charge on any atom is 0.271 e. The highest BCUT2D eigenvalue weighted by atomic mass is 32.1. The van der Waals surface area contributed by atoms with Crippen LogP contribution in [0.5, 0.6) is 0 Å². The summed E-state index contributed by atoms with van der Waals surface area (Å²) in [7, 11) is 0. The molecule has 1 amide bonds. The molecule has 0 atom stereocenters. The molecule has 0 aliphatic heterocycles. The average molecular weight is 561 g/mol.